The minimum atomic E-state index is -3.63. The Hall–Kier alpha value is -2.71. The molecule has 8 heteroatoms. The maximum atomic E-state index is 13.2. The van der Waals surface area contributed by atoms with E-state index in [0.717, 1.165) is 23.7 Å². The van der Waals surface area contributed by atoms with Gasteiger partial charge in [0, 0.05) is 38.6 Å². The number of piperidine rings is 1. The van der Waals surface area contributed by atoms with Crippen LogP contribution in [0.25, 0.3) is 10.8 Å². The van der Waals surface area contributed by atoms with E-state index in [2.05, 4.69) is 10.3 Å². The average molecular weight is 427 g/mol. The van der Waals surface area contributed by atoms with Crippen LogP contribution in [0.2, 0.25) is 0 Å². The molecule has 0 aliphatic carbocycles. The van der Waals surface area contributed by atoms with Crippen LogP contribution in [0.1, 0.15) is 19.3 Å². The molecule has 1 saturated heterocycles. The van der Waals surface area contributed by atoms with Crippen molar-refractivity contribution in [2.24, 2.45) is 5.92 Å². The lowest BCUT2D eigenvalue weighted by Gasteiger charge is -2.31. The second-order valence-corrected chi connectivity index (χ2v) is 9.59. The number of hydrogen-bond donors (Lipinski definition) is 1. The van der Waals surface area contributed by atoms with E-state index in [4.69, 9.17) is 0 Å². The summed E-state index contributed by atoms with van der Waals surface area (Å²) in [4.78, 5) is 16.9. The Morgan fingerprint density at radius 3 is 2.80 bits per heavy atom. The number of rotatable bonds is 7. The molecular weight excluding hydrogens is 400 g/mol. The highest BCUT2D eigenvalue weighted by Gasteiger charge is 2.33. The van der Waals surface area contributed by atoms with Crippen molar-refractivity contribution in [3.05, 3.63) is 61.2 Å². The lowest BCUT2D eigenvalue weighted by atomic mass is 9.99. The van der Waals surface area contributed by atoms with Crippen LogP contribution >= 0.6 is 0 Å². The van der Waals surface area contributed by atoms with Gasteiger partial charge in [0.2, 0.25) is 15.9 Å². The molecule has 0 bridgehead atoms. The van der Waals surface area contributed by atoms with Gasteiger partial charge < -0.3 is 9.88 Å². The topological polar surface area (TPSA) is 84.3 Å². The van der Waals surface area contributed by atoms with Crippen molar-refractivity contribution in [3.63, 3.8) is 0 Å². The van der Waals surface area contributed by atoms with Crippen LogP contribution < -0.4 is 5.32 Å². The maximum absolute atomic E-state index is 13.2. The molecule has 4 rings (SSSR count). The Labute approximate surface area is 176 Å². The first-order valence-electron chi connectivity index (χ1n) is 10.3. The fourth-order valence-electron chi connectivity index (χ4n) is 3.89. The number of hydrogen-bond acceptors (Lipinski definition) is 4. The Morgan fingerprint density at radius 1 is 1.17 bits per heavy atom. The number of sulfonamides is 1. The van der Waals surface area contributed by atoms with Gasteiger partial charge in [-0.1, -0.05) is 30.3 Å². The largest absolute Gasteiger partial charge is 0.356 e. The van der Waals surface area contributed by atoms with Gasteiger partial charge in [0.15, 0.2) is 0 Å². The Balaban J connectivity index is 1.37. The lowest BCUT2D eigenvalue weighted by Crippen LogP contribution is -2.45. The molecule has 30 heavy (non-hydrogen) atoms. The standard InChI is InChI=1S/C22H26N4O3S/c27-22(24-10-4-12-25-14-11-23-17-25)20-7-3-13-26(16-20)30(28,29)21-9-8-18-5-1-2-6-19(18)15-21/h1-2,5-6,8-9,11,14-15,17,20H,3-4,7,10,12-13,16H2,(H,24,27)/t20-/m0/s1. The van der Waals surface area contributed by atoms with E-state index in [1.807, 2.05) is 41.1 Å². The number of fused-ring (bicyclic) bond motifs is 1. The molecule has 0 spiro atoms. The van der Waals surface area contributed by atoms with E-state index < -0.39 is 10.0 Å². The van der Waals surface area contributed by atoms with Gasteiger partial charge in [0.05, 0.1) is 17.1 Å². The van der Waals surface area contributed by atoms with Crippen molar-refractivity contribution < 1.29 is 13.2 Å². The smallest absolute Gasteiger partial charge is 0.243 e. The summed E-state index contributed by atoms with van der Waals surface area (Å²) < 4.78 is 29.8. The van der Waals surface area contributed by atoms with Crippen LogP contribution in [0, 0.1) is 5.92 Å². The van der Waals surface area contributed by atoms with Crippen molar-refractivity contribution in [1.29, 1.82) is 0 Å². The molecule has 1 fully saturated rings. The Morgan fingerprint density at radius 2 is 2.00 bits per heavy atom. The van der Waals surface area contributed by atoms with Gasteiger partial charge in [0.1, 0.15) is 0 Å². The minimum absolute atomic E-state index is 0.0703. The lowest BCUT2D eigenvalue weighted by molar-refractivity contribution is -0.126. The quantitative estimate of drug-likeness (QED) is 0.589. The summed E-state index contributed by atoms with van der Waals surface area (Å²) in [6.07, 6.45) is 7.55. The molecule has 158 valence electrons. The van der Waals surface area contributed by atoms with Gasteiger partial charge in [-0.05, 0) is 42.2 Å². The van der Waals surface area contributed by atoms with Gasteiger partial charge >= 0.3 is 0 Å². The molecule has 1 aliphatic heterocycles. The predicted octanol–water partition coefficient (Wildman–Crippen LogP) is 2.64. The molecule has 0 unspecified atom stereocenters. The van der Waals surface area contributed by atoms with Crippen LogP contribution in [-0.4, -0.2) is 47.8 Å². The highest BCUT2D eigenvalue weighted by molar-refractivity contribution is 7.89. The molecule has 0 radical (unpaired) electrons. The van der Waals surface area contributed by atoms with E-state index in [0.29, 0.717) is 25.9 Å². The number of benzene rings is 2. The Bertz CT molecular complexity index is 1110. The normalized spacial score (nSPS) is 17.8. The van der Waals surface area contributed by atoms with E-state index in [-0.39, 0.29) is 23.3 Å². The van der Waals surface area contributed by atoms with Gasteiger partial charge in [-0.25, -0.2) is 13.4 Å². The number of nitrogens with one attached hydrogen (secondary N) is 1. The van der Waals surface area contributed by atoms with E-state index >= 15 is 0 Å². The number of aryl methyl sites for hydroxylation is 1. The van der Waals surface area contributed by atoms with Crippen molar-refractivity contribution in [2.75, 3.05) is 19.6 Å². The highest BCUT2D eigenvalue weighted by atomic mass is 32.2. The van der Waals surface area contributed by atoms with E-state index in [9.17, 15) is 13.2 Å². The number of imidazole rings is 1. The number of nitrogens with zero attached hydrogens (tertiary/aromatic N) is 3. The number of carbonyl (C=O) groups is 1. The minimum Gasteiger partial charge on any atom is -0.356 e. The van der Waals surface area contributed by atoms with Crippen LogP contribution in [0.5, 0.6) is 0 Å². The summed E-state index contributed by atoms with van der Waals surface area (Å²) in [5, 5.41) is 4.85. The Kier molecular flexibility index (Phi) is 6.15. The summed E-state index contributed by atoms with van der Waals surface area (Å²) >= 11 is 0. The molecule has 7 nitrogen and oxygen atoms in total. The first kappa shape index (κ1) is 20.6. The summed E-state index contributed by atoms with van der Waals surface area (Å²) in [6.45, 7) is 2.01. The van der Waals surface area contributed by atoms with Gasteiger partial charge in [-0.15, -0.1) is 0 Å². The summed E-state index contributed by atoms with van der Waals surface area (Å²) in [5.41, 5.74) is 0. The SMILES string of the molecule is O=C(NCCCn1ccnc1)[C@H]1CCCN(S(=O)(=O)c2ccc3ccccc3c2)C1. The highest BCUT2D eigenvalue weighted by Crippen LogP contribution is 2.26. The molecule has 1 atom stereocenters. The van der Waals surface area contributed by atoms with Gasteiger partial charge in [-0.3, -0.25) is 4.79 Å². The fourth-order valence-corrected chi connectivity index (χ4v) is 5.45. The van der Waals surface area contributed by atoms with Crippen molar-refractivity contribution in [3.8, 4) is 0 Å². The zero-order valence-corrected chi connectivity index (χ0v) is 17.6. The van der Waals surface area contributed by atoms with Gasteiger partial charge in [-0.2, -0.15) is 4.31 Å². The molecule has 0 saturated carbocycles. The maximum Gasteiger partial charge on any atom is 0.243 e. The third-order valence-electron chi connectivity index (χ3n) is 5.57. The first-order valence-corrected chi connectivity index (χ1v) is 11.7. The van der Waals surface area contributed by atoms with Crippen LogP contribution in [0.15, 0.2) is 66.1 Å². The summed E-state index contributed by atoms with van der Waals surface area (Å²) in [7, 11) is -3.63. The fraction of sp³-hybridized carbons (Fsp3) is 0.364. The molecule has 2 heterocycles. The molecule has 1 aliphatic rings. The monoisotopic (exact) mass is 426 g/mol. The van der Waals surface area contributed by atoms with Gasteiger partial charge in [0.25, 0.3) is 0 Å². The number of aromatic nitrogens is 2. The predicted molar refractivity (Wildman–Crippen MR) is 115 cm³/mol. The van der Waals surface area contributed by atoms with Crippen LogP contribution in [-0.2, 0) is 21.4 Å². The molecule has 3 aromatic rings. The number of carbonyl (C=O) groups excluding carboxylic acids is 1. The first-order chi connectivity index (χ1) is 14.5. The second-order valence-electron chi connectivity index (χ2n) is 7.66. The zero-order chi connectivity index (χ0) is 21.0. The average Bonchev–Trinajstić information content (AvgIpc) is 3.30. The molecule has 2 aromatic carbocycles. The number of amides is 1. The molecule has 1 amide bonds. The second kappa shape index (κ2) is 8.97. The zero-order valence-electron chi connectivity index (χ0n) is 16.8. The van der Waals surface area contributed by atoms with Crippen molar-refractivity contribution in [1.82, 2.24) is 19.2 Å². The molecular formula is C22H26N4O3S. The third-order valence-corrected chi connectivity index (χ3v) is 7.43. The van der Waals surface area contributed by atoms with Crippen molar-refractivity contribution in [2.45, 2.75) is 30.7 Å². The summed E-state index contributed by atoms with van der Waals surface area (Å²) in [6, 6.07) is 12.9. The van der Waals surface area contributed by atoms with Crippen LogP contribution in [0.4, 0.5) is 0 Å². The van der Waals surface area contributed by atoms with Crippen molar-refractivity contribution >= 4 is 26.7 Å². The third kappa shape index (κ3) is 4.55. The van der Waals surface area contributed by atoms with E-state index in [1.54, 1.807) is 24.7 Å². The van der Waals surface area contributed by atoms with E-state index in [1.165, 1.54) is 4.31 Å². The van der Waals surface area contributed by atoms with Crippen LogP contribution in [0.3, 0.4) is 0 Å². The summed E-state index contributed by atoms with van der Waals surface area (Å²) in [5.74, 6) is -0.388. The molecule has 1 aromatic heterocycles. The molecule has 1 N–H and O–H groups in total.